The molecule has 0 saturated carbocycles. The summed E-state index contributed by atoms with van der Waals surface area (Å²) < 4.78 is 19.0. The Hall–Kier alpha value is -1.10. The van der Waals surface area contributed by atoms with Gasteiger partial charge >= 0.3 is 0 Å². The molecule has 0 bridgehead atoms. The minimum absolute atomic E-state index is 0.178. The largest absolute Gasteiger partial charge is 0.377 e. The van der Waals surface area contributed by atoms with Gasteiger partial charge in [-0.2, -0.15) is 0 Å². The molecule has 5 heteroatoms. The lowest BCUT2D eigenvalue weighted by atomic mass is 10.2. The Kier molecular flexibility index (Phi) is 4.78. The fourth-order valence-corrected chi connectivity index (χ4v) is 2.97. The maximum absolute atomic E-state index is 13.5. The van der Waals surface area contributed by atoms with Gasteiger partial charge in [-0.3, -0.25) is 0 Å². The molecule has 1 atom stereocenters. The van der Waals surface area contributed by atoms with Crippen molar-refractivity contribution < 1.29 is 9.13 Å². The quantitative estimate of drug-likeness (QED) is 0.865. The third kappa shape index (κ3) is 3.76. The SMILES string of the molecule is Fc1cc(N2CC[C@H](NCC3=CCCOC3)C2)ccc1Cl. The van der Waals surface area contributed by atoms with E-state index < -0.39 is 0 Å². The van der Waals surface area contributed by atoms with E-state index in [4.69, 9.17) is 16.3 Å². The zero-order valence-electron chi connectivity index (χ0n) is 11.9. The van der Waals surface area contributed by atoms with E-state index in [0.717, 1.165) is 51.4 Å². The van der Waals surface area contributed by atoms with E-state index in [9.17, 15) is 4.39 Å². The summed E-state index contributed by atoms with van der Waals surface area (Å²) in [5.74, 6) is -0.352. The average molecular weight is 311 g/mol. The zero-order valence-corrected chi connectivity index (χ0v) is 12.7. The lowest BCUT2D eigenvalue weighted by Gasteiger charge is -2.20. The van der Waals surface area contributed by atoms with Gasteiger partial charge in [-0.05, 0) is 36.6 Å². The lowest BCUT2D eigenvalue weighted by Crippen LogP contribution is -2.34. The van der Waals surface area contributed by atoms with Gasteiger partial charge in [0.2, 0.25) is 0 Å². The third-order valence-electron chi connectivity index (χ3n) is 4.06. The molecule has 3 rings (SSSR count). The molecule has 1 saturated heterocycles. The molecule has 1 aromatic rings. The van der Waals surface area contributed by atoms with E-state index in [1.165, 1.54) is 11.6 Å². The molecule has 114 valence electrons. The predicted molar refractivity (Wildman–Crippen MR) is 83.5 cm³/mol. The normalized spacial score (nSPS) is 22.5. The van der Waals surface area contributed by atoms with Gasteiger partial charge in [-0.1, -0.05) is 17.7 Å². The van der Waals surface area contributed by atoms with Crippen molar-refractivity contribution >= 4 is 17.3 Å². The van der Waals surface area contributed by atoms with E-state index in [1.807, 2.05) is 6.07 Å². The molecule has 2 aliphatic heterocycles. The summed E-state index contributed by atoms with van der Waals surface area (Å²) in [7, 11) is 0. The first-order chi connectivity index (χ1) is 10.2. The first-order valence-electron chi connectivity index (χ1n) is 7.41. The van der Waals surface area contributed by atoms with Crippen LogP contribution in [-0.4, -0.2) is 38.9 Å². The molecule has 0 radical (unpaired) electrons. The maximum atomic E-state index is 13.5. The van der Waals surface area contributed by atoms with E-state index in [-0.39, 0.29) is 10.8 Å². The van der Waals surface area contributed by atoms with Gasteiger partial charge in [-0.15, -0.1) is 0 Å². The van der Waals surface area contributed by atoms with Crippen LogP contribution in [0.2, 0.25) is 5.02 Å². The summed E-state index contributed by atoms with van der Waals surface area (Å²) in [6.45, 7) is 4.30. The van der Waals surface area contributed by atoms with E-state index >= 15 is 0 Å². The minimum Gasteiger partial charge on any atom is -0.377 e. The van der Waals surface area contributed by atoms with Crippen LogP contribution >= 0.6 is 11.6 Å². The van der Waals surface area contributed by atoms with Crippen molar-refractivity contribution in [2.75, 3.05) is 37.7 Å². The molecule has 3 nitrogen and oxygen atoms in total. The number of ether oxygens (including phenoxy) is 1. The Morgan fingerprint density at radius 2 is 2.33 bits per heavy atom. The average Bonchev–Trinajstić information content (AvgIpc) is 2.98. The molecule has 0 aliphatic carbocycles. The zero-order chi connectivity index (χ0) is 14.7. The summed E-state index contributed by atoms with van der Waals surface area (Å²) >= 11 is 5.73. The molecular weight excluding hydrogens is 291 g/mol. The van der Waals surface area contributed by atoms with Crippen LogP contribution in [0.25, 0.3) is 0 Å². The van der Waals surface area contributed by atoms with Gasteiger partial charge in [0.05, 0.1) is 18.2 Å². The molecule has 1 aromatic carbocycles. The monoisotopic (exact) mass is 310 g/mol. The lowest BCUT2D eigenvalue weighted by molar-refractivity contribution is 0.148. The van der Waals surface area contributed by atoms with Crippen LogP contribution in [0.15, 0.2) is 29.8 Å². The fraction of sp³-hybridized carbons (Fsp3) is 0.500. The van der Waals surface area contributed by atoms with Crippen molar-refractivity contribution in [3.63, 3.8) is 0 Å². The van der Waals surface area contributed by atoms with E-state index in [1.54, 1.807) is 6.07 Å². The molecule has 0 spiro atoms. The Labute approximate surface area is 129 Å². The summed E-state index contributed by atoms with van der Waals surface area (Å²) in [5.41, 5.74) is 2.23. The Balaban J connectivity index is 1.52. The summed E-state index contributed by atoms with van der Waals surface area (Å²) in [4.78, 5) is 2.20. The number of rotatable bonds is 4. The van der Waals surface area contributed by atoms with Crippen LogP contribution in [0.4, 0.5) is 10.1 Å². The summed E-state index contributed by atoms with van der Waals surface area (Å²) in [6, 6.07) is 5.46. The number of nitrogens with zero attached hydrogens (tertiary/aromatic N) is 1. The third-order valence-corrected chi connectivity index (χ3v) is 4.36. The smallest absolute Gasteiger partial charge is 0.143 e. The van der Waals surface area contributed by atoms with Crippen molar-refractivity contribution in [2.24, 2.45) is 0 Å². The minimum atomic E-state index is -0.352. The second-order valence-electron chi connectivity index (χ2n) is 5.61. The summed E-state index contributed by atoms with van der Waals surface area (Å²) in [5, 5.41) is 3.74. The van der Waals surface area contributed by atoms with Crippen LogP contribution in [0.5, 0.6) is 0 Å². The second kappa shape index (κ2) is 6.77. The van der Waals surface area contributed by atoms with Crippen LogP contribution in [0.3, 0.4) is 0 Å². The van der Waals surface area contributed by atoms with Crippen molar-refractivity contribution in [1.82, 2.24) is 5.32 Å². The highest BCUT2D eigenvalue weighted by Crippen LogP contribution is 2.25. The number of halogens is 2. The van der Waals surface area contributed by atoms with Gasteiger partial charge < -0.3 is 15.0 Å². The van der Waals surface area contributed by atoms with Gasteiger partial charge in [0.25, 0.3) is 0 Å². The number of hydrogen-bond acceptors (Lipinski definition) is 3. The van der Waals surface area contributed by atoms with Gasteiger partial charge in [-0.25, -0.2) is 4.39 Å². The van der Waals surface area contributed by atoms with Crippen LogP contribution < -0.4 is 10.2 Å². The van der Waals surface area contributed by atoms with Gasteiger partial charge in [0.15, 0.2) is 0 Å². The highest BCUT2D eigenvalue weighted by atomic mass is 35.5. The van der Waals surface area contributed by atoms with Crippen LogP contribution in [0.1, 0.15) is 12.8 Å². The molecule has 0 unspecified atom stereocenters. The molecule has 0 aromatic heterocycles. The highest BCUT2D eigenvalue weighted by Gasteiger charge is 2.23. The van der Waals surface area contributed by atoms with E-state index in [2.05, 4.69) is 16.3 Å². The van der Waals surface area contributed by atoms with Crippen LogP contribution in [-0.2, 0) is 4.74 Å². The predicted octanol–water partition coefficient (Wildman–Crippen LogP) is 2.99. The number of benzene rings is 1. The van der Waals surface area contributed by atoms with E-state index in [0.29, 0.717) is 6.04 Å². The van der Waals surface area contributed by atoms with Crippen molar-refractivity contribution in [2.45, 2.75) is 18.9 Å². The molecule has 2 aliphatic rings. The topological polar surface area (TPSA) is 24.5 Å². The standard InChI is InChI=1S/C16H20ClFN2O/c17-15-4-3-14(8-16(15)18)20-6-5-13(10-20)19-9-12-2-1-7-21-11-12/h2-4,8,13,19H,1,5-7,9-11H2/t13-/m0/s1. The Morgan fingerprint density at radius 3 is 3.10 bits per heavy atom. The van der Waals surface area contributed by atoms with Crippen molar-refractivity contribution in [3.8, 4) is 0 Å². The fourth-order valence-electron chi connectivity index (χ4n) is 2.85. The second-order valence-corrected chi connectivity index (χ2v) is 6.02. The Morgan fingerprint density at radius 1 is 1.43 bits per heavy atom. The summed E-state index contributed by atoms with van der Waals surface area (Å²) in [6.07, 6.45) is 4.34. The molecule has 0 amide bonds. The molecule has 1 fully saturated rings. The first-order valence-corrected chi connectivity index (χ1v) is 7.79. The first kappa shape index (κ1) is 14.8. The van der Waals surface area contributed by atoms with Crippen LogP contribution in [0, 0.1) is 5.82 Å². The van der Waals surface area contributed by atoms with Gasteiger partial charge in [0.1, 0.15) is 5.82 Å². The number of anilines is 1. The number of nitrogens with one attached hydrogen (secondary N) is 1. The van der Waals surface area contributed by atoms with Crippen molar-refractivity contribution in [3.05, 3.63) is 40.7 Å². The molecule has 2 heterocycles. The maximum Gasteiger partial charge on any atom is 0.143 e. The Bertz CT molecular complexity index is 535. The van der Waals surface area contributed by atoms with Crippen molar-refractivity contribution in [1.29, 1.82) is 0 Å². The van der Waals surface area contributed by atoms with Gasteiger partial charge in [0, 0.05) is 31.4 Å². The number of hydrogen-bond donors (Lipinski definition) is 1. The molecule has 1 N–H and O–H groups in total. The molecule has 21 heavy (non-hydrogen) atoms. The molecular formula is C16H20ClFN2O. The highest BCUT2D eigenvalue weighted by molar-refractivity contribution is 6.30.